The molecule has 0 fully saturated rings. The van der Waals surface area contributed by atoms with Crippen LogP contribution in [0.25, 0.3) is 11.5 Å². The van der Waals surface area contributed by atoms with Crippen LogP contribution < -0.4 is 5.32 Å². The molecule has 3 heterocycles. The lowest BCUT2D eigenvalue weighted by atomic mass is 9.92. The molecule has 1 aliphatic rings. The molecule has 1 atom stereocenters. The second-order valence-corrected chi connectivity index (χ2v) is 7.20. The minimum atomic E-state index is -0.245. The van der Waals surface area contributed by atoms with Crippen molar-refractivity contribution in [3.05, 3.63) is 89.9 Å². The molecule has 0 amide bonds. The summed E-state index contributed by atoms with van der Waals surface area (Å²) >= 11 is 0. The van der Waals surface area contributed by atoms with E-state index in [4.69, 9.17) is 0 Å². The highest BCUT2D eigenvalue weighted by atomic mass is 19.1. The summed E-state index contributed by atoms with van der Waals surface area (Å²) in [6, 6.07) is 12.7. The van der Waals surface area contributed by atoms with Crippen LogP contribution in [0, 0.1) is 5.82 Å². The number of halogens is 1. The van der Waals surface area contributed by atoms with Crippen LogP contribution in [0.2, 0.25) is 0 Å². The zero-order valence-electron chi connectivity index (χ0n) is 15.9. The molecule has 146 valence electrons. The smallest absolute Gasteiger partial charge is 0.153 e. The predicted octanol–water partition coefficient (Wildman–Crippen LogP) is 3.76. The minimum absolute atomic E-state index is 0.171. The van der Waals surface area contributed by atoms with E-state index in [9.17, 15) is 4.39 Å². The van der Waals surface area contributed by atoms with Gasteiger partial charge in [-0.2, -0.15) is 10.2 Å². The Morgan fingerprint density at radius 2 is 2.07 bits per heavy atom. The van der Waals surface area contributed by atoms with Gasteiger partial charge in [-0.1, -0.05) is 6.07 Å². The molecular formula is C22H21FN6. The molecule has 0 saturated heterocycles. The molecule has 1 aromatic carbocycles. The molecule has 29 heavy (non-hydrogen) atoms. The van der Waals surface area contributed by atoms with Crippen LogP contribution in [-0.2, 0) is 13.0 Å². The number of hydrogen-bond acceptors (Lipinski definition) is 4. The Bertz CT molecular complexity index is 1100. The summed E-state index contributed by atoms with van der Waals surface area (Å²) in [6.07, 6.45) is 10.4. The molecule has 0 radical (unpaired) electrons. The van der Waals surface area contributed by atoms with Crippen molar-refractivity contribution in [1.82, 2.24) is 29.9 Å². The number of benzene rings is 1. The first-order valence-corrected chi connectivity index (χ1v) is 9.79. The van der Waals surface area contributed by atoms with Crippen LogP contribution in [0.3, 0.4) is 0 Å². The van der Waals surface area contributed by atoms with Crippen molar-refractivity contribution in [3.63, 3.8) is 0 Å². The SMILES string of the molecule is Fc1ccc(-n2cccn2)c(CNC2CCCc3c2cnn3-c2ccccn2)c1. The van der Waals surface area contributed by atoms with Crippen molar-refractivity contribution in [2.75, 3.05) is 0 Å². The fraction of sp³-hybridized carbons (Fsp3) is 0.227. The number of nitrogens with one attached hydrogen (secondary N) is 1. The lowest BCUT2D eigenvalue weighted by Gasteiger charge is -2.24. The van der Waals surface area contributed by atoms with Crippen molar-refractivity contribution in [2.45, 2.75) is 31.8 Å². The normalized spacial score (nSPS) is 16.0. The van der Waals surface area contributed by atoms with E-state index in [-0.39, 0.29) is 11.9 Å². The van der Waals surface area contributed by atoms with Crippen LogP contribution in [0.4, 0.5) is 4.39 Å². The highest BCUT2D eigenvalue weighted by molar-refractivity contribution is 5.41. The summed E-state index contributed by atoms with van der Waals surface area (Å²) in [4.78, 5) is 4.43. The van der Waals surface area contributed by atoms with Gasteiger partial charge in [0.1, 0.15) is 5.82 Å². The molecule has 6 nitrogen and oxygen atoms in total. The third-order valence-electron chi connectivity index (χ3n) is 5.38. The van der Waals surface area contributed by atoms with E-state index in [0.717, 1.165) is 36.3 Å². The van der Waals surface area contributed by atoms with Crippen LogP contribution in [0.15, 0.2) is 67.3 Å². The van der Waals surface area contributed by atoms with Crippen molar-refractivity contribution >= 4 is 0 Å². The molecule has 0 aliphatic heterocycles. The van der Waals surface area contributed by atoms with Gasteiger partial charge in [-0.05, 0) is 61.2 Å². The molecule has 5 rings (SSSR count). The standard InChI is InChI=1S/C22H21FN6/c23-17-8-9-20(28-12-4-11-26-28)16(13-17)14-25-19-5-3-6-21-18(19)15-27-29(21)22-7-1-2-10-24-22/h1-2,4,7-13,15,19,25H,3,5-6,14H2. The van der Waals surface area contributed by atoms with Crippen molar-refractivity contribution in [2.24, 2.45) is 0 Å². The highest BCUT2D eigenvalue weighted by Gasteiger charge is 2.25. The third-order valence-corrected chi connectivity index (χ3v) is 5.38. The van der Waals surface area contributed by atoms with Gasteiger partial charge in [-0.15, -0.1) is 0 Å². The maximum Gasteiger partial charge on any atom is 0.153 e. The van der Waals surface area contributed by atoms with Crippen molar-refractivity contribution in [1.29, 1.82) is 0 Å². The zero-order valence-corrected chi connectivity index (χ0v) is 15.9. The molecule has 0 bridgehead atoms. The van der Waals surface area contributed by atoms with Gasteiger partial charge in [0.25, 0.3) is 0 Å². The van der Waals surface area contributed by atoms with Gasteiger partial charge in [0.05, 0.1) is 17.6 Å². The Kier molecular flexibility index (Phi) is 4.65. The molecule has 4 aromatic rings. The lowest BCUT2D eigenvalue weighted by Crippen LogP contribution is -2.25. The second-order valence-electron chi connectivity index (χ2n) is 7.20. The molecule has 1 N–H and O–H groups in total. The van der Waals surface area contributed by atoms with Gasteiger partial charge in [0.2, 0.25) is 0 Å². The van der Waals surface area contributed by atoms with Crippen LogP contribution in [0.5, 0.6) is 0 Å². The first-order chi connectivity index (χ1) is 14.3. The number of rotatable bonds is 5. The van der Waals surface area contributed by atoms with Gasteiger partial charge < -0.3 is 5.32 Å². The molecule has 0 saturated carbocycles. The number of aromatic nitrogens is 5. The summed E-state index contributed by atoms with van der Waals surface area (Å²) in [5.41, 5.74) is 4.14. The quantitative estimate of drug-likeness (QED) is 0.566. The monoisotopic (exact) mass is 388 g/mol. The van der Waals surface area contributed by atoms with Crippen molar-refractivity contribution < 1.29 is 4.39 Å². The average Bonchev–Trinajstić information content (AvgIpc) is 3.43. The van der Waals surface area contributed by atoms with E-state index in [0.29, 0.717) is 6.54 Å². The summed E-state index contributed by atoms with van der Waals surface area (Å²) in [5, 5.41) is 12.5. The maximum absolute atomic E-state index is 13.9. The highest BCUT2D eigenvalue weighted by Crippen LogP contribution is 2.31. The molecule has 3 aromatic heterocycles. The minimum Gasteiger partial charge on any atom is -0.306 e. The van der Waals surface area contributed by atoms with Gasteiger partial charge in [0, 0.05) is 36.7 Å². The molecule has 1 unspecified atom stereocenters. The van der Waals surface area contributed by atoms with E-state index in [1.807, 2.05) is 41.3 Å². The fourth-order valence-corrected chi connectivity index (χ4v) is 4.01. The second kappa shape index (κ2) is 7.60. The van der Waals surface area contributed by atoms with E-state index < -0.39 is 0 Å². The van der Waals surface area contributed by atoms with E-state index in [1.54, 1.807) is 29.2 Å². The van der Waals surface area contributed by atoms with E-state index in [1.165, 1.54) is 17.3 Å². The number of nitrogens with zero attached hydrogens (tertiary/aromatic N) is 5. The van der Waals surface area contributed by atoms with Gasteiger partial charge in [-0.25, -0.2) is 18.7 Å². The van der Waals surface area contributed by atoms with Crippen LogP contribution >= 0.6 is 0 Å². The van der Waals surface area contributed by atoms with Crippen LogP contribution in [-0.4, -0.2) is 24.5 Å². The Hall–Kier alpha value is -3.32. The number of fused-ring (bicyclic) bond motifs is 1. The Balaban J connectivity index is 1.40. The molecule has 7 heteroatoms. The Labute approximate surface area is 168 Å². The summed E-state index contributed by atoms with van der Waals surface area (Å²) < 4.78 is 17.6. The topological polar surface area (TPSA) is 60.6 Å². The number of hydrogen-bond donors (Lipinski definition) is 1. The summed E-state index contributed by atoms with van der Waals surface area (Å²) in [5.74, 6) is 0.588. The number of pyridine rings is 1. The van der Waals surface area contributed by atoms with Gasteiger partial charge in [-0.3, -0.25) is 0 Å². The first-order valence-electron chi connectivity index (χ1n) is 9.79. The Morgan fingerprint density at radius 1 is 1.10 bits per heavy atom. The van der Waals surface area contributed by atoms with E-state index in [2.05, 4.69) is 20.5 Å². The molecule has 1 aliphatic carbocycles. The fourth-order valence-electron chi connectivity index (χ4n) is 4.01. The van der Waals surface area contributed by atoms with Crippen molar-refractivity contribution in [3.8, 4) is 11.5 Å². The zero-order chi connectivity index (χ0) is 19.6. The average molecular weight is 388 g/mol. The maximum atomic E-state index is 13.9. The Morgan fingerprint density at radius 3 is 2.90 bits per heavy atom. The van der Waals surface area contributed by atoms with Gasteiger partial charge >= 0.3 is 0 Å². The largest absolute Gasteiger partial charge is 0.306 e. The lowest BCUT2D eigenvalue weighted by molar-refractivity contribution is 0.453. The predicted molar refractivity (Wildman–Crippen MR) is 107 cm³/mol. The van der Waals surface area contributed by atoms with Crippen LogP contribution in [0.1, 0.15) is 35.7 Å². The molecule has 0 spiro atoms. The molecular weight excluding hydrogens is 367 g/mol. The summed E-state index contributed by atoms with van der Waals surface area (Å²) in [7, 11) is 0. The van der Waals surface area contributed by atoms with E-state index >= 15 is 0 Å². The third kappa shape index (κ3) is 3.45. The van der Waals surface area contributed by atoms with Gasteiger partial charge in [0.15, 0.2) is 5.82 Å². The summed E-state index contributed by atoms with van der Waals surface area (Å²) in [6.45, 7) is 0.547. The first kappa shape index (κ1) is 17.8.